The number of benzene rings is 1. The molecule has 0 atom stereocenters. The summed E-state index contributed by atoms with van der Waals surface area (Å²) in [5.74, 6) is 0.216. The van der Waals surface area contributed by atoms with Crippen LogP contribution in [0.3, 0.4) is 0 Å². The van der Waals surface area contributed by atoms with Gasteiger partial charge in [0.1, 0.15) is 5.66 Å². The van der Waals surface area contributed by atoms with Crippen LogP contribution < -0.4 is 21.8 Å². The van der Waals surface area contributed by atoms with Gasteiger partial charge in [-0.1, -0.05) is 12.5 Å². The van der Waals surface area contributed by atoms with Crippen LogP contribution in [0.2, 0.25) is 0 Å². The summed E-state index contributed by atoms with van der Waals surface area (Å²) < 4.78 is 4.99. The summed E-state index contributed by atoms with van der Waals surface area (Å²) in [6.07, 6.45) is 4.43. The number of methoxy groups -OCH3 is 1. The van der Waals surface area contributed by atoms with Crippen LogP contribution in [0.25, 0.3) is 0 Å². The average Bonchev–Trinajstić information content (AvgIpc) is 2.60. The maximum Gasteiger partial charge on any atom is 0.490 e. The summed E-state index contributed by atoms with van der Waals surface area (Å²) >= 11 is 0. The Morgan fingerprint density at radius 1 is 1.27 bits per heavy atom. The summed E-state index contributed by atoms with van der Waals surface area (Å²) in [6.45, 7) is 0. The number of guanidine groups is 2. The third-order valence-corrected chi connectivity index (χ3v) is 4.87. The Hall–Kier alpha value is -2.59. The van der Waals surface area contributed by atoms with Gasteiger partial charge in [0.2, 0.25) is 17.8 Å². The zero-order valence-corrected chi connectivity index (χ0v) is 14.6. The molecule has 1 spiro atoms. The van der Waals surface area contributed by atoms with Gasteiger partial charge < -0.3 is 26.3 Å². The van der Waals surface area contributed by atoms with Crippen molar-refractivity contribution in [2.45, 2.75) is 37.8 Å². The minimum atomic E-state index is -1.72. The number of rotatable bonds is 3. The van der Waals surface area contributed by atoms with Crippen molar-refractivity contribution in [2.75, 3.05) is 12.0 Å². The van der Waals surface area contributed by atoms with E-state index in [4.69, 9.17) is 21.6 Å². The molecule has 26 heavy (non-hydrogen) atoms. The van der Waals surface area contributed by atoms with Gasteiger partial charge in [-0.25, -0.2) is 4.99 Å². The van der Waals surface area contributed by atoms with E-state index in [1.54, 1.807) is 17.0 Å². The number of nitrogens with zero attached hydrogens (tertiary/aromatic N) is 3. The zero-order chi connectivity index (χ0) is 18.9. The molecule has 1 aromatic carbocycles. The minimum absolute atomic E-state index is 0.0431. The van der Waals surface area contributed by atoms with Crippen molar-refractivity contribution in [3.05, 3.63) is 23.8 Å². The molecule has 9 nitrogen and oxygen atoms in total. The standard InChI is InChI=1S/C16H23BN6O3/c1-26-13(18)10-5-6-11(17(24)25)12(9-10)23-15(20)21-14(19)22-16(23)7-3-2-4-8-16/h5-6,9,18,24-25H,2-4,7-8H2,1H3,(H4,19,20,21,22). The quantitative estimate of drug-likeness (QED) is 0.277. The third-order valence-electron chi connectivity index (χ3n) is 4.87. The first-order valence-corrected chi connectivity index (χ1v) is 8.51. The Labute approximate surface area is 152 Å². The number of hydrogen-bond donors (Lipinski definition) is 5. The van der Waals surface area contributed by atoms with Gasteiger partial charge in [0, 0.05) is 16.7 Å². The van der Waals surface area contributed by atoms with E-state index >= 15 is 0 Å². The molecule has 1 aromatic rings. The first-order chi connectivity index (χ1) is 12.4. The Morgan fingerprint density at radius 2 is 1.96 bits per heavy atom. The SMILES string of the molecule is COC(=N)c1ccc(B(O)O)c(N2C(N)=NC(N)=NC23CCCCC3)c1. The lowest BCUT2D eigenvalue weighted by Crippen LogP contribution is -2.60. The van der Waals surface area contributed by atoms with Crippen LogP contribution in [-0.2, 0) is 4.74 Å². The molecule has 0 bridgehead atoms. The maximum absolute atomic E-state index is 9.85. The summed E-state index contributed by atoms with van der Waals surface area (Å²) in [4.78, 5) is 10.4. The van der Waals surface area contributed by atoms with Gasteiger partial charge >= 0.3 is 7.12 Å². The summed E-state index contributed by atoms with van der Waals surface area (Å²) in [5, 5.41) is 27.6. The minimum Gasteiger partial charge on any atom is -0.481 e. The van der Waals surface area contributed by atoms with Crippen LogP contribution in [0.4, 0.5) is 5.69 Å². The predicted octanol–water partition coefficient (Wildman–Crippen LogP) is -0.552. The molecule has 1 aliphatic carbocycles. The van der Waals surface area contributed by atoms with Crippen LogP contribution in [0.1, 0.15) is 37.7 Å². The van der Waals surface area contributed by atoms with E-state index < -0.39 is 12.8 Å². The Balaban J connectivity index is 2.18. The normalized spacial score (nSPS) is 19.0. The molecular weight excluding hydrogens is 335 g/mol. The first kappa shape index (κ1) is 18.2. The topological polar surface area (TPSA) is 154 Å². The monoisotopic (exact) mass is 358 g/mol. The Bertz CT molecular complexity index is 773. The van der Waals surface area contributed by atoms with Crippen LogP contribution in [0, 0.1) is 5.41 Å². The number of hydrogen-bond acceptors (Lipinski definition) is 9. The van der Waals surface area contributed by atoms with Crippen molar-refractivity contribution in [3.8, 4) is 0 Å². The Kier molecular flexibility index (Phi) is 4.88. The molecule has 1 aliphatic heterocycles. The lowest BCUT2D eigenvalue weighted by Gasteiger charge is -2.46. The summed E-state index contributed by atoms with van der Waals surface area (Å²) in [5.41, 5.74) is 12.5. The van der Waals surface area contributed by atoms with Gasteiger partial charge in [-0.2, -0.15) is 4.99 Å². The molecule has 0 amide bonds. The van der Waals surface area contributed by atoms with Crippen molar-refractivity contribution in [3.63, 3.8) is 0 Å². The van der Waals surface area contributed by atoms with Crippen molar-refractivity contribution in [1.29, 1.82) is 5.41 Å². The highest BCUT2D eigenvalue weighted by atomic mass is 16.5. The van der Waals surface area contributed by atoms with E-state index in [1.165, 1.54) is 13.2 Å². The second-order valence-electron chi connectivity index (χ2n) is 6.50. The van der Waals surface area contributed by atoms with Crippen LogP contribution >= 0.6 is 0 Å². The van der Waals surface area contributed by atoms with Crippen molar-refractivity contribution in [2.24, 2.45) is 21.5 Å². The largest absolute Gasteiger partial charge is 0.490 e. The van der Waals surface area contributed by atoms with E-state index in [9.17, 15) is 10.0 Å². The lowest BCUT2D eigenvalue weighted by molar-refractivity contribution is 0.305. The molecule has 3 rings (SSSR count). The van der Waals surface area contributed by atoms with Gasteiger partial charge in [-0.3, -0.25) is 10.3 Å². The molecule has 10 heteroatoms. The van der Waals surface area contributed by atoms with Crippen molar-refractivity contribution >= 4 is 36.1 Å². The van der Waals surface area contributed by atoms with E-state index in [-0.39, 0.29) is 23.3 Å². The molecule has 2 aliphatic rings. The molecule has 7 N–H and O–H groups in total. The smallest absolute Gasteiger partial charge is 0.481 e. The lowest BCUT2D eigenvalue weighted by atomic mass is 9.77. The number of aliphatic imine (C=N–C) groups is 2. The van der Waals surface area contributed by atoms with Crippen LogP contribution in [-0.4, -0.2) is 47.8 Å². The van der Waals surface area contributed by atoms with Gasteiger partial charge in [0.05, 0.1) is 7.11 Å². The molecule has 0 unspecified atom stereocenters. The predicted molar refractivity (Wildman–Crippen MR) is 102 cm³/mol. The highest BCUT2D eigenvalue weighted by Gasteiger charge is 2.44. The average molecular weight is 358 g/mol. The number of anilines is 1. The fourth-order valence-corrected chi connectivity index (χ4v) is 3.68. The van der Waals surface area contributed by atoms with Gasteiger partial charge in [-0.05, 0) is 37.8 Å². The van der Waals surface area contributed by atoms with Crippen molar-refractivity contribution in [1.82, 2.24) is 0 Å². The molecule has 1 saturated carbocycles. The summed E-state index contributed by atoms with van der Waals surface area (Å²) in [6, 6.07) is 4.76. The molecular formula is C16H23BN6O3. The molecule has 1 heterocycles. The molecule has 138 valence electrons. The number of nitrogens with two attached hydrogens (primary N) is 2. The van der Waals surface area contributed by atoms with E-state index in [1.807, 2.05) is 0 Å². The second kappa shape index (κ2) is 6.97. The van der Waals surface area contributed by atoms with Gasteiger partial charge in [-0.15, -0.1) is 0 Å². The van der Waals surface area contributed by atoms with E-state index in [0.29, 0.717) is 11.3 Å². The van der Waals surface area contributed by atoms with Crippen LogP contribution in [0.5, 0.6) is 0 Å². The molecule has 0 aromatic heterocycles. The zero-order valence-electron chi connectivity index (χ0n) is 14.6. The highest BCUT2D eigenvalue weighted by Crippen LogP contribution is 2.39. The number of nitrogens with one attached hydrogen (secondary N) is 1. The van der Waals surface area contributed by atoms with Crippen molar-refractivity contribution < 1.29 is 14.8 Å². The second-order valence-corrected chi connectivity index (χ2v) is 6.50. The Morgan fingerprint density at radius 3 is 2.58 bits per heavy atom. The molecule has 0 radical (unpaired) electrons. The van der Waals surface area contributed by atoms with Gasteiger partial charge in [0.25, 0.3) is 0 Å². The third kappa shape index (κ3) is 3.13. The molecule has 1 fully saturated rings. The highest BCUT2D eigenvalue weighted by molar-refractivity contribution is 6.61. The van der Waals surface area contributed by atoms with Gasteiger partial charge in [0.15, 0.2) is 0 Å². The fraction of sp³-hybridized carbons (Fsp3) is 0.438. The van der Waals surface area contributed by atoms with E-state index in [2.05, 4.69) is 9.98 Å². The maximum atomic E-state index is 9.85. The number of ether oxygens (including phenoxy) is 1. The summed E-state index contributed by atoms with van der Waals surface area (Å²) in [7, 11) is -0.311. The first-order valence-electron chi connectivity index (χ1n) is 8.51. The molecule has 0 saturated heterocycles. The fourth-order valence-electron chi connectivity index (χ4n) is 3.68. The van der Waals surface area contributed by atoms with E-state index in [0.717, 1.165) is 32.1 Å². The van der Waals surface area contributed by atoms with Crippen LogP contribution in [0.15, 0.2) is 28.2 Å².